The summed E-state index contributed by atoms with van der Waals surface area (Å²) in [6.07, 6.45) is 0.306. The minimum Gasteiger partial charge on any atom is -0.391 e. The molecule has 0 aromatic carbocycles. The lowest BCUT2D eigenvalue weighted by atomic mass is 10.0. The number of halogens is 1. The van der Waals surface area contributed by atoms with E-state index in [1.54, 1.807) is 0 Å². The SMILES string of the molecule is CC(C)C(N)C(=O)COC(CO)OCn1cnc2c(=O)[nH]c(N)nc21.Cl. The predicted octanol–water partition coefficient (Wildman–Crippen LogP) is -1.01. The number of anilines is 1. The first kappa shape index (κ1) is 22.0. The maximum atomic E-state index is 11.8. The summed E-state index contributed by atoms with van der Waals surface area (Å²) in [7, 11) is 0. The Bertz CT molecular complexity index is 792. The number of imidazole rings is 1. The van der Waals surface area contributed by atoms with Crippen LogP contribution in [0.1, 0.15) is 13.8 Å². The van der Waals surface area contributed by atoms with Crippen molar-refractivity contribution in [3.8, 4) is 0 Å². The largest absolute Gasteiger partial charge is 0.391 e. The van der Waals surface area contributed by atoms with E-state index in [0.29, 0.717) is 0 Å². The number of fused-ring (bicyclic) bond motifs is 1. The van der Waals surface area contributed by atoms with Crippen molar-refractivity contribution in [3.05, 3.63) is 16.7 Å². The van der Waals surface area contributed by atoms with Gasteiger partial charge in [-0.25, -0.2) is 4.98 Å². The highest BCUT2D eigenvalue weighted by Crippen LogP contribution is 2.08. The Morgan fingerprint density at radius 2 is 2.12 bits per heavy atom. The molecule has 0 spiro atoms. The summed E-state index contributed by atoms with van der Waals surface area (Å²) in [5.41, 5.74) is 11.1. The second kappa shape index (κ2) is 9.59. The quantitative estimate of drug-likeness (QED) is 0.391. The number of ketones is 1. The van der Waals surface area contributed by atoms with Gasteiger partial charge in [-0.1, -0.05) is 13.8 Å². The molecule has 26 heavy (non-hydrogen) atoms. The number of nitrogens with two attached hydrogens (primary N) is 2. The molecule has 0 aliphatic carbocycles. The lowest BCUT2D eigenvalue weighted by Crippen LogP contribution is -2.39. The van der Waals surface area contributed by atoms with E-state index in [0.717, 1.165) is 0 Å². The number of ether oxygens (including phenoxy) is 2. The van der Waals surface area contributed by atoms with Gasteiger partial charge in [0.25, 0.3) is 5.56 Å². The number of nitrogen functional groups attached to an aromatic ring is 1. The van der Waals surface area contributed by atoms with Gasteiger partial charge in [0.15, 0.2) is 23.2 Å². The molecule has 0 aliphatic heterocycles. The summed E-state index contributed by atoms with van der Waals surface area (Å²) in [5, 5.41) is 9.31. The Labute approximate surface area is 155 Å². The fraction of sp³-hybridized carbons (Fsp3) is 0.571. The number of aromatic amines is 1. The van der Waals surface area contributed by atoms with Crippen molar-refractivity contribution in [2.24, 2.45) is 11.7 Å². The number of rotatable bonds is 9. The van der Waals surface area contributed by atoms with Crippen LogP contribution in [0, 0.1) is 5.92 Å². The van der Waals surface area contributed by atoms with Gasteiger partial charge in [0.2, 0.25) is 5.95 Å². The number of H-pyrrole nitrogens is 1. The number of nitrogens with one attached hydrogen (secondary N) is 1. The Hall–Kier alpha value is -2.05. The second-order valence-corrected chi connectivity index (χ2v) is 5.79. The Balaban J connectivity index is 0.00000338. The van der Waals surface area contributed by atoms with E-state index in [9.17, 15) is 14.7 Å². The molecule has 0 aliphatic rings. The second-order valence-electron chi connectivity index (χ2n) is 5.79. The molecule has 0 saturated carbocycles. The third-order valence-electron chi connectivity index (χ3n) is 3.54. The van der Waals surface area contributed by atoms with Gasteiger partial charge in [0, 0.05) is 0 Å². The molecule has 0 bridgehead atoms. The van der Waals surface area contributed by atoms with E-state index in [1.165, 1.54) is 10.9 Å². The fourth-order valence-corrected chi connectivity index (χ4v) is 2.03. The van der Waals surface area contributed by atoms with Gasteiger partial charge in [-0.3, -0.25) is 19.1 Å². The van der Waals surface area contributed by atoms with Crippen LogP contribution in [0.15, 0.2) is 11.1 Å². The van der Waals surface area contributed by atoms with Crippen LogP contribution < -0.4 is 17.0 Å². The van der Waals surface area contributed by atoms with Crippen LogP contribution in [0.25, 0.3) is 11.2 Å². The first-order chi connectivity index (χ1) is 11.8. The molecule has 12 heteroatoms. The van der Waals surface area contributed by atoms with Crippen LogP contribution in [0.4, 0.5) is 5.95 Å². The number of Topliss-reactive ketones (excluding diaryl/α,β-unsaturated/α-hetero) is 1. The van der Waals surface area contributed by atoms with E-state index >= 15 is 0 Å². The Kier molecular flexibility index (Phi) is 8.11. The smallest absolute Gasteiger partial charge is 0.280 e. The zero-order chi connectivity index (χ0) is 18.6. The highest BCUT2D eigenvalue weighted by molar-refractivity contribution is 5.85. The number of aromatic nitrogens is 4. The highest BCUT2D eigenvalue weighted by Gasteiger charge is 2.20. The average molecular weight is 391 g/mol. The van der Waals surface area contributed by atoms with Gasteiger partial charge in [0.1, 0.15) is 13.3 Å². The minimum absolute atomic E-state index is 0. The van der Waals surface area contributed by atoms with Crippen molar-refractivity contribution in [3.63, 3.8) is 0 Å². The molecular weight excluding hydrogens is 368 g/mol. The molecular formula is C14H23ClN6O5. The van der Waals surface area contributed by atoms with Gasteiger partial charge in [-0.05, 0) is 5.92 Å². The summed E-state index contributed by atoms with van der Waals surface area (Å²) in [5.74, 6) is -0.356. The van der Waals surface area contributed by atoms with Gasteiger partial charge in [0.05, 0.1) is 19.0 Å². The third-order valence-corrected chi connectivity index (χ3v) is 3.54. The van der Waals surface area contributed by atoms with Gasteiger partial charge < -0.3 is 26.0 Å². The van der Waals surface area contributed by atoms with Crippen LogP contribution in [0.5, 0.6) is 0 Å². The molecule has 6 N–H and O–H groups in total. The maximum Gasteiger partial charge on any atom is 0.280 e. The molecule has 0 radical (unpaired) electrons. The topological polar surface area (TPSA) is 171 Å². The van der Waals surface area contributed by atoms with Crippen LogP contribution in [-0.2, 0) is 21.0 Å². The molecule has 2 aromatic heterocycles. The van der Waals surface area contributed by atoms with E-state index in [1.807, 2.05) is 13.8 Å². The zero-order valence-corrected chi connectivity index (χ0v) is 15.2. The molecule has 0 fully saturated rings. The average Bonchev–Trinajstić information content (AvgIpc) is 2.97. The molecule has 2 rings (SSSR count). The summed E-state index contributed by atoms with van der Waals surface area (Å²) in [6.45, 7) is 2.80. The summed E-state index contributed by atoms with van der Waals surface area (Å²) >= 11 is 0. The van der Waals surface area contributed by atoms with E-state index in [-0.39, 0.29) is 54.6 Å². The molecule has 2 atom stereocenters. The molecule has 146 valence electrons. The van der Waals surface area contributed by atoms with E-state index in [2.05, 4.69) is 15.0 Å². The van der Waals surface area contributed by atoms with Crippen LogP contribution in [0.2, 0.25) is 0 Å². The molecule has 2 unspecified atom stereocenters. The van der Waals surface area contributed by atoms with E-state index in [4.69, 9.17) is 20.9 Å². The van der Waals surface area contributed by atoms with Crippen molar-refractivity contribution in [1.82, 2.24) is 19.5 Å². The highest BCUT2D eigenvalue weighted by atomic mass is 35.5. The molecule has 0 amide bonds. The number of nitrogens with zero attached hydrogens (tertiary/aromatic N) is 3. The van der Waals surface area contributed by atoms with E-state index < -0.39 is 24.5 Å². The summed E-state index contributed by atoms with van der Waals surface area (Å²) in [4.78, 5) is 33.8. The fourth-order valence-electron chi connectivity index (χ4n) is 2.03. The van der Waals surface area contributed by atoms with Gasteiger partial charge in [-0.2, -0.15) is 4.98 Å². The van der Waals surface area contributed by atoms with Crippen molar-refractivity contribution in [2.45, 2.75) is 32.9 Å². The first-order valence-corrected chi connectivity index (χ1v) is 7.66. The minimum atomic E-state index is -1.04. The van der Waals surface area contributed by atoms with Gasteiger partial charge >= 0.3 is 0 Å². The lowest BCUT2D eigenvalue weighted by molar-refractivity contribution is -0.183. The van der Waals surface area contributed by atoms with Crippen molar-refractivity contribution < 1.29 is 19.4 Å². The van der Waals surface area contributed by atoms with Crippen molar-refractivity contribution in [2.75, 3.05) is 18.9 Å². The Morgan fingerprint density at radius 3 is 2.73 bits per heavy atom. The first-order valence-electron chi connectivity index (χ1n) is 7.66. The lowest BCUT2D eigenvalue weighted by Gasteiger charge is -2.19. The molecule has 11 nitrogen and oxygen atoms in total. The number of aliphatic hydroxyl groups excluding tert-OH is 1. The summed E-state index contributed by atoms with van der Waals surface area (Å²) < 4.78 is 12.0. The number of hydrogen-bond donors (Lipinski definition) is 4. The molecule has 0 saturated heterocycles. The predicted molar refractivity (Wildman–Crippen MR) is 95.5 cm³/mol. The monoisotopic (exact) mass is 390 g/mol. The van der Waals surface area contributed by atoms with Crippen molar-refractivity contribution in [1.29, 1.82) is 0 Å². The van der Waals surface area contributed by atoms with Gasteiger partial charge in [-0.15, -0.1) is 12.4 Å². The third kappa shape index (κ3) is 5.22. The number of aliphatic hydroxyl groups is 1. The van der Waals surface area contributed by atoms with Crippen LogP contribution >= 0.6 is 12.4 Å². The van der Waals surface area contributed by atoms with Crippen LogP contribution in [-0.4, -0.2) is 56.0 Å². The standard InChI is InChI=1S/C14H22N6O5.ClH/c1-7(2)10(15)8(22)4-24-9(3-21)25-6-20-5-17-11-12(20)18-14(16)19-13(11)23;/h5,7,9-10,21H,3-4,6,15H2,1-2H3,(H3,16,18,19,23);1H. The number of hydrogen-bond acceptors (Lipinski definition) is 9. The molecule has 2 heterocycles. The summed E-state index contributed by atoms with van der Waals surface area (Å²) in [6, 6.07) is -0.643. The van der Waals surface area contributed by atoms with Crippen LogP contribution in [0.3, 0.4) is 0 Å². The number of carbonyl (C=O) groups excluding carboxylic acids is 1. The maximum absolute atomic E-state index is 11.8. The van der Waals surface area contributed by atoms with Crippen molar-refractivity contribution >= 4 is 35.3 Å². The Morgan fingerprint density at radius 1 is 1.42 bits per heavy atom. The number of carbonyl (C=O) groups is 1. The zero-order valence-electron chi connectivity index (χ0n) is 14.4. The molecule has 2 aromatic rings. The normalized spacial score (nSPS) is 13.6.